The molecular formula is C20H18Cl2N2O4S. The maximum atomic E-state index is 13.2. The Hall–Kier alpha value is -2.22. The topological polar surface area (TPSA) is 66.9 Å². The number of likely N-dealkylation sites (tertiary alicyclic amines) is 1. The minimum Gasteiger partial charge on any atom is -0.495 e. The van der Waals surface area contributed by atoms with Crippen LogP contribution in [0.25, 0.3) is 0 Å². The molecule has 152 valence electrons. The van der Waals surface area contributed by atoms with Crippen LogP contribution in [0.2, 0.25) is 10.0 Å². The van der Waals surface area contributed by atoms with Crippen molar-refractivity contribution < 1.29 is 17.9 Å². The van der Waals surface area contributed by atoms with E-state index in [0.717, 1.165) is 12.8 Å². The lowest BCUT2D eigenvalue weighted by Crippen LogP contribution is -2.35. The Balaban J connectivity index is 1.90. The number of methoxy groups -OCH3 is 1. The number of hydrogen-bond donors (Lipinski definition) is 0. The van der Waals surface area contributed by atoms with E-state index < -0.39 is 15.7 Å². The van der Waals surface area contributed by atoms with Crippen molar-refractivity contribution in [1.82, 2.24) is 4.90 Å². The second kappa shape index (κ2) is 7.55. The third-order valence-corrected chi connectivity index (χ3v) is 7.34. The number of benzene rings is 2. The van der Waals surface area contributed by atoms with Gasteiger partial charge in [-0.15, -0.1) is 0 Å². The Bertz CT molecular complexity index is 1130. The summed E-state index contributed by atoms with van der Waals surface area (Å²) in [4.78, 5) is 16.0. The molecule has 0 aliphatic carbocycles. The molecule has 0 unspecified atom stereocenters. The molecule has 2 aromatic rings. The lowest BCUT2D eigenvalue weighted by atomic mass is 10.2. The first-order valence-corrected chi connectivity index (χ1v) is 11.3. The first-order chi connectivity index (χ1) is 13.8. The van der Waals surface area contributed by atoms with Crippen LogP contribution in [0.1, 0.15) is 12.8 Å². The van der Waals surface area contributed by atoms with Gasteiger partial charge in [0.15, 0.2) is 4.91 Å². The third kappa shape index (κ3) is 3.47. The van der Waals surface area contributed by atoms with E-state index in [0.29, 0.717) is 40.3 Å². The fraction of sp³-hybridized carbons (Fsp3) is 0.250. The van der Waals surface area contributed by atoms with Gasteiger partial charge >= 0.3 is 0 Å². The zero-order valence-corrected chi connectivity index (χ0v) is 17.9. The van der Waals surface area contributed by atoms with Gasteiger partial charge in [-0.05, 0) is 49.2 Å². The molecule has 1 amide bonds. The SMILES string of the molecule is COc1ccc(N2C=C(C(=O)N3CCCC3)S(=O)(=O)c3ccc(Cl)cc32)cc1Cl. The Morgan fingerprint density at radius 1 is 1.07 bits per heavy atom. The lowest BCUT2D eigenvalue weighted by Gasteiger charge is -2.30. The number of fused-ring (bicyclic) bond motifs is 1. The molecule has 1 saturated heterocycles. The van der Waals surface area contributed by atoms with E-state index in [1.54, 1.807) is 34.1 Å². The number of halogens is 2. The third-order valence-electron chi connectivity index (χ3n) is 5.02. The van der Waals surface area contributed by atoms with Crippen LogP contribution in [0.4, 0.5) is 11.4 Å². The molecular weight excluding hydrogens is 435 g/mol. The summed E-state index contributed by atoms with van der Waals surface area (Å²) in [5, 5.41) is 0.745. The molecule has 9 heteroatoms. The number of rotatable bonds is 3. The summed E-state index contributed by atoms with van der Waals surface area (Å²) in [6, 6.07) is 9.55. The van der Waals surface area contributed by atoms with E-state index in [1.165, 1.54) is 25.4 Å². The van der Waals surface area contributed by atoms with Gasteiger partial charge in [-0.2, -0.15) is 0 Å². The fourth-order valence-corrected chi connectivity index (χ4v) is 5.48. The molecule has 0 atom stereocenters. The minimum atomic E-state index is -3.99. The van der Waals surface area contributed by atoms with Crippen LogP contribution in [0.3, 0.4) is 0 Å². The summed E-state index contributed by atoms with van der Waals surface area (Å²) >= 11 is 12.4. The zero-order chi connectivity index (χ0) is 20.8. The van der Waals surface area contributed by atoms with Crippen LogP contribution in [-0.2, 0) is 14.6 Å². The number of carbonyl (C=O) groups is 1. The van der Waals surface area contributed by atoms with Crippen LogP contribution < -0.4 is 9.64 Å². The van der Waals surface area contributed by atoms with Crippen molar-refractivity contribution in [3.8, 4) is 5.75 Å². The lowest BCUT2D eigenvalue weighted by molar-refractivity contribution is -0.125. The Morgan fingerprint density at radius 2 is 1.79 bits per heavy atom. The number of sulfone groups is 1. The molecule has 2 heterocycles. The highest BCUT2D eigenvalue weighted by molar-refractivity contribution is 7.96. The van der Waals surface area contributed by atoms with Gasteiger partial charge in [-0.25, -0.2) is 8.42 Å². The van der Waals surface area contributed by atoms with Gasteiger partial charge in [-0.1, -0.05) is 23.2 Å². The molecule has 29 heavy (non-hydrogen) atoms. The number of hydrogen-bond acceptors (Lipinski definition) is 5. The van der Waals surface area contributed by atoms with Gasteiger partial charge in [0.05, 0.1) is 22.7 Å². The fourth-order valence-electron chi connectivity index (χ4n) is 3.55. The van der Waals surface area contributed by atoms with Gasteiger partial charge in [0.1, 0.15) is 5.75 Å². The monoisotopic (exact) mass is 452 g/mol. The van der Waals surface area contributed by atoms with Crippen LogP contribution in [0.5, 0.6) is 5.75 Å². The number of ether oxygens (including phenoxy) is 1. The van der Waals surface area contributed by atoms with Crippen molar-refractivity contribution in [3.05, 3.63) is 57.5 Å². The van der Waals surface area contributed by atoms with E-state index in [9.17, 15) is 13.2 Å². The van der Waals surface area contributed by atoms with Crippen LogP contribution in [0, 0.1) is 0 Å². The van der Waals surface area contributed by atoms with Gasteiger partial charge in [-0.3, -0.25) is 4.79 Å². The Morgan fingerprint density at radius 3 is 2.45 bits per heavy atom. The number of anilines is 2. The molecule has 0 aromatic heterocycles. The molecule has 0 bridgehead atoms. The second-order valence-corrected chi connectivity index (χ2v) is 9.53. The Labute approximate surface area is 179 Å². The molecule has 0 saturated carbocycles. The molecule has 2 aliphatic heterocycles. The number of nitrogens with zero attached hydrogens (tertiary/aromatic N) is 2. The molecule has 1 fully saturated rings. The summed E-state index contributed by atoms with van der Waals surface area (Å²) in [7, 11) is -2.48. The zero-order valence-electron chi connectivity index (χ0n) is 15.6. The largest absolute Gasteiger partial charge is 0.495 e. The quantitative estimate of drug-likeness (QED) is 0.690. The number of carbonyl (C=O) groups excluding carboxylic acids is 1. The second-order valence-electron chi connectivity index (χ2n) is 6.80. The highest BCUT2D eigenvalue weighted by Crippen LogP contribution is 2.42. The van der Waals surface area contributed by atoms with Crippen molar-refractivity contribution in [2.75, 3.05) is 25.1 Å². The molecule has 4 rings (SSSR count). The average Bonchev–Trinajstić information content (AvgIpc) is 3.22. The summed E-state index contributed by atoms with van der Waals surface area (Å²) in [6.45, 7) is 1.10. The summed E-state index contributed by atoms with van der Waals surface area (Å²) < 4.78 is 31.6. The van der Waals surface area contributed by atoms with Gasteiger partial charge in [0, 0.05) is 30.0 Å². The highest BCUT2D eigenvalue weighted by Gasteiger charge is 2.38. The first-order valence-electron chi connectivity index (χ1n) is 9.01. The van der Waals surface area contributed by atoms with Crippen molar-refractivity contribution in [3.63, 3.8) is 0 Å². The van der Waals surface area contributed by atoms with Crippen molar-refractivity contribution in [2.45, 2.75) is 17.7 Å². The summed E-state index contributed by atoms with van der Waals surface area (Å²) in [5.41, 5.74) is 0.942. The number of amides is 1. The summed E-state index contributed by atoms with van der Waals surface area (Å²) in [6.07, 6.45) is 3.08. The standard InChI is InChI=1S/C20H18Cl2N2O4S/c1-28-17-6-5-14(11-15(17)22)24-12-19(20(25)23-8-2-3-9-23)29(26,27)18-7-4-13(21)10-16(18)24/h4-7,10-12H,2-3,8-9H2,1H3. The molecule has 0 spiro atoms. The van der Waals surface area contributed by atoms with E-state index in [2.05, 4.69) is 0 Å². The first kappa shape index (κ1) is 20.1. The molecule has 0 N–H and O–H groups in total. The highest BCUT2D eigenvalue weighted by atomic mass is 35.5. The van der Waals surface area contributed by atoms with Gasteiger partial charge in [0.2, 0.25) is 9.84 Å². The van der Waals surface area contributed by atoms with E-state index in [1.807, 2.05) is 0 Å². The normalized spacial score (nSPS) is 17.7. The van der Waals surface area contributed by atoms with E-state index >= 15 is 0 Å². The van der Waals surface area contributed by atoms with E-state index in [-0.39, 0.29) is 9.80 Å². The predicted octanol–water partition coefficient (Wildman–Crippen LogP) is 4.39. The molecule has 2 aromatic carbocycles. The van der Waals surface area contributed by atoms with Crippen molar-refractivity contribution in [1.29, 1.82) is 0 Å². The van der Waals surface area contributed by atoms with E-state index in [4.69, 9.17) is 27.9 Å². The summed E-state index contributed by atoms with van der Waals surface area (Å²) in [5.74, 6) is -0.00331. The van der Waals surface area contributed by atoms with Crippen LogP contribution >= 0.6 is 23.2 Å². The van der Waals surface area contributed by atoms with Crippen molar-refractivity contribution in [2.24, 2.45) is 0 Å². The van der Waals surface area contributed by atoms with Gasteiger partial charge in [0.25, 0.3) is 5.91 Å². The maximum Gasteiger partial charge on any atom is 0.267 e. The van der Waals surface area contributed by atoms with Gasteiger partial charge < -0.3 is 14.5 Å². The molecule has 6 nitrogen and oxygen atoms in total. The maximum absolute atomic E-state index is 13.2. The average molecular weight is 453 g/mol. The Kier molecular flexibility index (Phi) is 5.23. The molecule has 0 radical (unpaired) electrons. The van der Waals surface area contributed by atoms with Crippen molar-refractivity contribution >= 4 is 50.3 Å². The molecule has 2 aliphatic rings. The van der Waals surface area contributed by atoms with Crippen LogP contribution in [0.15, 0.2) is 52.4 Å². The smallest absolute Gasteiger partial charge is 0.267 e. The predicted molar refractivity (Wildman–Crippen MR) is 113 cm³/mol. The van der Waals surface area contributed by atoms with Crippen LogP contribution in [-0.4, -0.2) is 39.4 Å². The minimum absolute atomic E-state index is 0.0267.